The van der Waals surface area contributed by atoms with E-state index in [0.29, 0.717) is 25.2 Å². The molecule has 1 fully saturated rings. The molecule has 2 atom stereocenters. The average Bonchev–Trinajstić information content (AvgIpc) is 3.21. The Morgan fingerprint density at radius 1 is 1.07 bits per heavy atom. The van der Waals surface area contributed by atoms with E-state index in [2.05, 4.69) is 34.7 Å². The van der Waals surface area contributed by atoms with Crippen molar-refractivity contribution in [3.05, 3.63) is 57.3 Å². The molecule has 3 rings (SSSR count). The fourth-order valence-electron chi connectivity index (χ4n) is 3.58. The number of carbonyl (C=O) groups is 1. The van der Waals surface area contributed by atoms with Gasteiger partial charge in [0.2, 0.25) is 0 Å². The summed E-state index contributed by atoms with van der Waals surface area (Å²) >= 11 is 1.83. The second-order valence-electron chi connectivity index (χ2n) is 7.67. The number of hydrogen-bond acceptors (Lipinski definition) is 4. The van der Waals surface area contributed by atoms with Crippen molar-refractivity contribution in [1.29, 1.82) is 0 Å². The SMILES string of the molecule is CCc1ccc(CNC(=NC)NCc2ccc(C(=O)N3CC(C)OC(C)C3)cc2)s1. The van der Waals surface area contributed by atoms with Gasteiger partial charge in [-0.05, 0) is 50.1 Å². The maximum absolute atomic E-state index is 12.8. The Bertz CT molecular complexity index is 852. The van der Waals surface area contributed by atoms with Crippen molar-refractivity contribution in [2.45, 2.75) is 52.5 Å². The third kappa shape index (κ3) is 6.06. The highest BCUT2D eigenvalue weighted by Gasteiger charge is 2.26. The molecule has 0 saturated carbocycles. The summed E-state index contributed by atoms with van der Waals surface area (Å²) in [5.41, 5.74) is 1.81. The summed E-state index contributed by atoms with van der Waals surface area (Å²) < 4.78 is 5.72. The first kappa shape index (κ1) is 22.3. The van der Waals surface area contributed by atoms with E-state index in [1.807, 2.05) is 54.3 Å². The quantitative estimate of drug-likeness (QED) is 0.547. The van der Waals surface area contributed by atoms with Gasteiger partial charge in [0.25, 0.3) is 5.91 Å². The van der Waals surface area contributed by atoms with Gasteiger partial charge in [-0.25, -0.2) is 0 Å². The highest BCUT2D eigenvalue weighted by atomic mass is 32.1. The van der Waals surface area contributed by atoms with Crippen LogP contribution in [0, 0.1) is 0 Å². The van der Waals surface area contributed by atoms with Gasteiger partial charge in [0, 0.05) is 42.0 Å². The van der Waals surface area contributed by atoms with Crippen molar-refractivity contribution in [1.82, 2.24) is 15.5 Å². The van der Waals surface area contributed by atoms with Gasteiger partial charge in [-0.15, -0.1) is 11.3 Å². The number of guanidine groups is 1. The minimum absolute atomic E-state index is 0.0661. The van der Waals surface area contributed by atoms with E-state index < -0.39 is 0 Å². The Hall–Kier alpha value is -2.38. The summed E-state index contributed by atoms with van der Waals surface area (Å²) in [6.45, 7) is 8.86. The molecule has 0 aliphatic carbocycles. The van der Waals surface area contributed by atoms with E-state index in [0.717, 1.165) is 24.5 Å². The molecule has 7 heteroatoms. The van der Waals surface area contributed by atoms with Gasteiger partial charge < -0.3 is 20.3 Å². The number of rotatable bonds is 6. The molecule has 162 valence electrons. The highest BCUT2D eigenvalue weighted by molar-refractivity contribution is 7.11. The molecular formula is C23H32N4O2S. The van der Waals surface area contributed by atoms with Crippen LogP contribution in [0.1, 0.15) is 46.4 Å². The number of morpholine rings is 1. The summed E-state index contributed by atoms with van der Waals surface area (Å²) in [6.07, 6.45) is 1.21. The number of aryl methyl sites for hydroxylation is 1. The lowest BCUT2D eigenvalue weighted by Gasteiger charge is -2.35. The van der Waals surface area contributed by atoms with Crippen molar-refractivity contribution in [2.75, 3.05) is 20.1 Å². The molecule has 1 aliphatic rings. The zero-order valence-electron chi connectivity index (χ0n) is 18.3. The van der Waals surface area contributed by atoms with Gasteiger partial charge in [-0.2, -0.15) is 0 Å². The average molecular weight is 429 g/mol. The Labute approximate surface area is 183 Å². The first-order valence-electron chi connectivity index (χ1n) is 10.5. The maximum atomic E-state index is 12.8. The van der Waals surface area contributed by atoms with Crippen LogP contribution in [0.25, 0.3) is 0 Å². The molecule has 2 heterocycles. The lowest BCUT2D eigenvalue weighted by atomic mass is 10.1. The van der Waals surface area contributed by atoms with Crippen LogP contribution in [-0.4, -0.2) is 49.1 Å². The van der Waals surface area contributed by atoms with Crippen LogP contribution in [0.3, 0.4) is 0 Å². The second kappa shape index (κ2) is 10.6. The van der Waals surface area contributed by atoms with Gasteiger partial charge in [0.05, 0.1) is 18.8 Å². The summed E-state index contributed by atoms with van der Waals surface area (Å²) in [4.78, 5) is 21.6. The number of nitrogens with one attached hydrogen (secondary N) is 2. The number of nitrogens with zero attached hydrogens (tertiary/aromatic N) is 2. The monoisotopic (exact) mass is 428 g/mol. The molecule has 1 amide bonds. The van der Waals surface area contributed by atoms with E-state index in [1.54, 1.807) is 7.05 Å². The molecule has 2 aromatic rings. The molecule has 1 aliphatic heterocycles. The number of benzene rings is 1. The lowest BCUT2D eigenvalue weighted by Crippen LogP contribution is -2.48. The number of ether oxygens (including phenoxy) is 1. The molecule has 1 saturated heterocycles. The summed E-state index contributed by atoms with van der Waals surface area (Å²) in [5.74, 6) is 0.828. The summed E-state index contributed by atoms with van der Waals surface area (Å²) in [5, 5.41) is 6.68. The topological polar surface area (TPSA) is 66.0 Å². The molecule has 6 nitrogen and oxygen atoms in total. The molecule has 0 spiro atoms. The molecule has 2 unspecified atom stereocenters. The van der Waals surface area contributed by atoms with E-state index in [1.165, 1.54) is 9.75 Å². The maximum Gasteiger partial charge on any atom is 0.254 e. The van der Waals surface area contributed by atoms with Crippen LogP contribution in [0.4, 0.5) is 0 Å². The lowest BCUT2D eigenvalue weighted by molar-refractivity contribution is -0.0586. The minimum Gasteiger partial charge on any atom is -0.372 e. The normalized spacial score (nSPS) is 19.6. The standard InChI is InChI=1S/C23H32N4O2S/c1-5-20-10-11-21(30-20)13-26-23(24-4)25-12-18-6-8-19(9-7-18)22(28)27-14-16(2)29-17(3)15-27/h6-11,16-17H,5,12-15H2,1-4H3,(H2,24,25,26). The zero-order chi connectivity index (χ0) is 21.5. The van der Waals surface area contributed by atoms with Gasteiger partial charge in [-0.3, -0.25) is 9.79 Å². The Morgan fingerprint density at radius 2 is 1.70 bits per heavy atom. The third-order valence-electron chi connectivity index (χ3n) is 5.09. The number of hydrogen-bond donors (Lipinski definition) is 2. The molecule has 2 N–H and O–H groups in total. The smallest absolute Gasteiger partial charge is 0.254 e. The number of amides is 1. The molecular weight excluding hydrogens is 396 g/mol. The van der Waals surface area contributed by atoms with Crippen LogP contribution in [-0.2, 0) is 24.2 Å². The van der Waals surface area contributed by atoms with Gasteiger partial charge in [0.15, 0.2) is 5.96 Å². The molecule has 0 radical (unpaired) electrons. The molecule has 1 aromatic heterocycles. The van der Waals surface area contributed by atoms with Crippen LogP contribution < -0.4 is 10.6 Å². The fourth-order valence-corrected chi connectivity index (χ4v) is 4.47. The number of aliphatic imine (C=N–C) groups is 1. The predicted molar refractivity (Wildman–Crippen MR) is 123 cm³/mol. The Morgan fingerprint density at radius 3 is 2.30 bits per heavy atom. The van der Waals surface area contributed by atoms with Crippen LogP contribution >= 0.6 is 11.3 Å². The predicted octanol–water partition coefficient (Wildman–Crippen LogP) is 3.43. The summed E-state index contributed by atoms with van der Waals surface area (Å²) in [6, 6.07) is 12.1. The second-order valence-corrected chi connectivity index (χ2v) is 8.92. The van der Waals surface area contributed by atoms with Crippen molar-refractivity contribution in [3.63, 3.8) is 0 Å². The highest BCUT2D eigenvalue weighted by Crippen LogP contribution is 2.17. The van der Waals surface area contributed by atoms with E-state index in [4.69, 9.17) is 4.74 Å². The first-order valence-corrected chi connectivity index (χ1v) is 11.4. The minimum atomic E-state index is 0.0661. The van der Waals surface area contributed by atoms with Crippen LogP contribution in [0.2, 0.25) is 0 Å². The Balaban J connectivity index is 1.50. The van der Waals surface area contributed by atoms with Crippen LogP contribution in [0.15, 0.2) is 41.4 Å². The van der Waals surface area contributed by atoms with Crippen molar-refractivity contribution in [3.8, 4) is 0 Å². The molecule has 1 aromatic carbocycles. The van der Waals surface area contributed by atoms with E-state index in [9.17, 15) is 4.79 Å². The molecule has 30 heavy (non-hydrogen) atoms. The van der Waals surface area contributed by atoms with Crippen molar-refractivity contribution >= 4 is 23.2 Å². The number of thiophene rings is 1. The van der Waals surface area contributed by atoms with Gasteiger partial charge in [0.1, 0.15) is 0 Å². The van der Waals surface area contributed by atoms with Crippen LogP contribution in [0.5, 0.6) is 0 Å². The van der Waals surface area contributed by atoms with Crippen molar-refractivity contribution in [2.24, 2.45) is 4.99 Å². The van der Waals surface area contributed by atoms with Gasteiger partial charge in [-0.1, -0.05) is 19.1 Å². The first-order chi connectivity index (χ1) is 14.5. The molecule has 0 bridgehead atoms. The zero-order valence-corrected chi connectivity index (χ0v) is 19.1. The number of carbonyl (C=O) groups excluding carboxylic acids is 1. The van der Waals surface area contributed by atoms with E-state index >= 15 is 0 Å². The largest absolute Gasteiger partial charge is 0.372 e. The summed E-state index contributed by atoms with van der Waals surface area (Å²) in [7, 11) is 1.77. The van der Waals surface area contributed by atoms with Crippen molar-refractivity contribution < 1.29 is 9.53 Å². The third-order valence-corrected chi connectivity index (χ3v) is 6.32. The Kier molecular flexibility index (Phi) is 7.87. The van der Waals surface area contributed by atoms with Gasteiger partial charge >= 0.3 is 0 Å². The fraction of sp³-hybridized carbons (Fsp3) is 0.478. The van der Waals surface area contributed by atoms with E-state index in [-0.39, 0.29) is 18.1 Å².